The zero-order chi connectivity index (χ0) is 9.42. The zero-order valence-corrected chi connectivity index (χ0v) is 9.19. The van der Waals surface area contributed by atoms with Gasteiger partial charge >= 0.3 is 0 Å². The van der Waals surface area contributed by atoms with Gasteiger partial charge in [-0.3, -0.25) is 4.79 Å². The van der Waals surface area contributed by atoms with E-state index >= 15 is 0 Å². The second kappa shape index (κ2) is 3.35. The first-order valence-electron chi connectivity index (χ1n) is 3.90. The normalized spacial score (nSPS) is 19.9. The summed E-state index contributed by atoms with van der Waals surface area (Å²) in [6.45, 7) is 0. The first-order chi connectivity index (χ1) is 6.18. The molecule has 1 amide bonds. The summed E-state index contributed by atoms with van der Waals surface area (Å²) in [6, 6.07) is 5.94. The predicted molar refractivity (Wildman–Crippen MR) is 56.8 cm³/mol. The van der Waals surface area contributed by atoms with Crippen LogP contribution in [0.15, 0.2) is 27.6 Å². The van der Waals surface area contributed by atoms with Gasteiger partial charge in [0.2, 0.25) is 5.91 Å². The van der Waals surface area contributed by atoms with Gasteiger partial charge in [0.25, 0.3) is 0 Å². The summed E-state index contributed by atoms with van der Waals surface area (Å²) in [4.78, 5) is 12.2. The summed E-state index contributed by atoms with van der Waals surface area (Å²) in [6.07, 6.45) is 0. The van der Waals surface area contributed by atoms with Gasteiger partial charge in [-0.2, -0.15) is 0 Å². The molecular formula is C9H8BrNOS. The number of amides is 1. The minimum Gasteiger partial charge on any atom is -0.369 e. The standard InChI is InChI=1S/C9H8BrNOS/c10-5-1-2-6-7(9(11)12)4-13-8(6)3-5/h1-3,7H,4H2,(H2,11,12). The Balaban J connectivity index is 2.44. The van der Waals surface area contributed by atoms with Crippen LogP contribution in [0.3, 0.4) is 0 Å². The molecule has 13 heavy (non-hydrogen) atoms. The lowest BCUT2D eigenvalue weighted by molar-refractivity contribution is -0.118. The Labute approximate surface area is 89.0 Å². The van der Waals surface area contributed by atoms with Crippen LogP contribution in [0, 0.1) is 0 Å². The molecule has 4 heteroatoms. The maximum absolute atomic E-state index is 11.0. The Morgan fingerprint density at radius 2 is 2.38 bits per heavy atom. The smallest absolute Gasteiger partial charge is 0.225 e. The van der Waals surface area contributed by atoms with Crippen molar-refractivity contribution in [2.75, 3.05) is 5.75 Å². The number of carbonyl (C=O) groups is 1. The van der Waals surface area contributed by atoms with E-state index in [1.165, 1.54) is 0 Å². The van der Waals surface area contributed by atoms with E-state index in [2.05, 4.69) is 15.9 Å². The van der Waals surface area contributed by atoms with E-state index < -0.39 is 0 Å². The van der Waals surface area contributed by atoms with E-state index in [-0.39, 0.29) is 11.8 Å². The molecule has 0 fully saturated rings. The molecule has 2 nitrogen and oxygen atoms in total. The summed E-state index contributed by atoms with van der Waals surface area (Å²) in [5.41, 5.74) is 6.36. The SMILES string of the molecule is NC(=O)C1CSc2cc(Br)ccc21. The number of nitrogens with two attached hydrogens (primary N) is 1. The van der Waals surface area contributed by atoms with Crippen molar-refractivity contribution in [1.82, 2.24) is 0 Å². The molecule has 1 aromatic rings. The first kappa shape index (κ1) is 9.09. The molecule has 68 valence electrons. The fraction of sp³-hybridized carbons (Fsp3) is 0.222. The number of thioether (sulfide) groups is 1. The number of rotatable bonds is 1. The Morgan fingerprint density at radius 1 is 1.62 bits per heavy atom. The monoisotopic (exact) mass is 257 g/mol. The van der Waals surface area contributed by atoms with Gasteiger partial charge in [-0.15, -0.1) is 11.8 Å². The van der Waals surface area contributed by atoms with Crippen LogP contribution in [0.1, 0.15) is 11.5 Å². The summed E-state index contributed by atoms with van der Waals surface area (Å²) < 4.78 is 1.05. The molecular weight excluding hydrogens is 250 g/mol. The minimum absolute atomic E-state index is 0.104. The number of carbonyl (C=O) groups excluding carboxylic acids is 1. The third-order valence-electron chi connectivity index (χ3n) is 2.10. The maximum Gasteiger partial charge on any atom is 0.225 e. The van der Waals surface area contributed by atoms with E-state index in [0.717, 1.165) is 20.7 Å². The van der Waals surface area contributed by atoms with Gasteiger partial charge in [-0.1, -0.05) is 22.0 Å². The second-order valence-corrected chi connectivity index (χ2v) is 4.93. The number of primary amides is 1. The lowest BCUT2D eigenvalue weighted by Gasteiger charge is -2.04. The summed E-state index contributed by atoms with van der Waals surface area (Å²) in [5, 5.41) is 0. The molecule has 2 N–H and O–H groups in total. The fourth-order valence-corrected chi connectivity index (χ4v) is 3.21. The van der Waals surface area contributed by atoms with Crippen LogP contribution in [-0.4, -0.2) is 11.7 Å². The quantitative estimate of drug-likeness (QED) is 0.838. The van der Waals surface area contributed by atoms with Gasteiger partial charge < -0.3 is 5.73 Å². The van der Waals surface area contributed by atoms with E-state index in [1.54, 1.807) is 11.8 Å². The molecule has 0 radical (unpaired) electrons. The highest BCUT2D eigenvalue weighted by atomic mass is 79.9. The fourth-order valence-electron chi connectivity index (χ4n) is 1.42. The molecule has 1 unspecified atom stereocenters. The highest BCUT2D eigenvalue weighted by Gasteiger charge is 2.27. The average Bonchev–Trinajstić information content (AvgIpc) is 2.46. The van der Waals surface area contributed by atoms with Gasteiger partial charge in [0.05, 0.1) is 5.92 Å². The molecule has 0 saturated carbocycles. The number of benzene rings is 1. The molecule has 0 saturated heterocycles. The Hall–Kier alpha value is -0.480. The van der Waals surface area contributed by atoms with Gasteiger partial charge in [0.15, 0.2) is 0 Å². The van der Waals surface area contributed by atoms with Gasteiger partial charge in [0.1, 0.15) is 0 Å². The van der Waals surface area contributed by atoms with Crippen LogP contribution in [0.4, 0.5) is 0 Å². The van der Waals surface area contributed by atoms with Gasteiger partial charge in [-0.05, 0) is 17.7 Å². The van der Waals surface area contributed by atoms with E-state index in [0.29, 0.717) is 0 Å². The topological polar surface area (TPSA) is 43.1 Å². The highest BCUT2D eigenvalue weighted by molar-refractivity contribution is 9.10. The van der Waals surface area contributed by atoms with Gasteiger partial charge in [-0.25, -0.2) is 0 Å². The van der Waals surface area contributed by atoms with Crippen LogP contribution < -0.4 is 5.73 Å². The molecule has 0 aliphatic carbocycles. The highest BCUT2D eigenvalue weighted by Crippen LogP contribution is 2.40. The van der Waals surface area contributed by atoms with Crippen molar-refractivity contribution in [3.05, 3.63) is 28.2 Å². The van der Waals surface area contributed by atoms with Crippen molar-refractivity contribution < 1.29 is 4.79 Å². The average molecular weight is 258 g/mol. The molecule has 1 heterocycles. The minimum atomic E-state index is -0.228. The van der Waals surface area contributed by atoms with E-state index in [9.17, 15) is 4.79 Å². The van der Waals surface area contributed by atoms with Crippen molar-refractivity contribution in [3.63, 3.8) is 0 Å². The Kier molecular flexibility index (Phi) is 2.34. The van der Waals surface area contributed by atoms with Gasteiger partial charge in [0, 0.05) is 15.1 Å². The molecule has 1 aliphatic heterocycles. The van der Waals surface area contributed by atoms with Crippen molar-refractivity contribution in [1.29, 1.82) is 0 Å². The molecule has 1 atom stereocenters. The lowest BCUT2D eigenvalue weighted by Crippen LogP contribution is -2.20. The third-order valence-corrected chi connectivity index (χ3v) is 3.76. The Bertz CT molecular complexity index is 367. The molecule has 0 spiro atoms. The summed E-state index contributed by atoms with van der Waals surface area (Å²) in [7, 11) is 0. The number of fused-ring (bicyclic) bond motifs is 1. The van der Waals surface area contributed by atoms with E-state index in [4.69, 9.17) is 5.73 Å². The molecule has 1 aliphatic rings. The largest absolute Gasteiger partial charge is 0.369 e. The van der Waals surface area contributed by atoms with Crippen molar-refractivity contribution in [3.8, 4) is 0 Å². The number of halogens is 1. The first-order valence-corrected chi connectivity index (χ1v) is 5.68. The number of hydrogen-bond donors (Lipinski definition) is 1. The molecule has 1 aromatic carbocycles. The Morgan fingerprint density at radius 3 is 3.08 bits per heavy atom. The van der Waals surface area contributed by atoms with Crippen molar-refractivity contribution >= 4 is 33.6 Å². The second-order valence-electron chi connectivity index (χ2n) is 2.95. The van der Waals surface area contributed by atoms with Crippen LogP contribution in [0.2, 0.25) is 0 Å². The van der Waals surface area contributed by atoms with Crippen LogP contribution >= 0.6 is 27.7 Å². The van der Waals surface area contributed by atoms with Crippen LogP contribution in [0.5, 0.6) is 0 Å². The van der Waals surface area contributed by atoms with E-state index in [1.807, 2.05) is 18.2 Å². The third kappa shape index (κ3) is 1.60. The maximum atomic E-state index is 11.0. The zero-order valence-electron chi connectivity index (χ0n) is 6.79. The van der Waals surface area contributed by atoms with Crippen molar-refractivity contribution in [2.45, 2.75) is 10.8 Å². The molecule has 0 aromatic heterocycles. The number of hydrogen-bond acceptors (Lipinski definition) is 2. The van der Waals surface area contributed by atoms with Crippen LogP contribution in [0.25, 0.3) is 0 Å². The van der Waals surface area contributed by atoms with Crippen LogP contribution in [-0.2, 0) is 4.79 Å². The molecule has 2 rings (SSSR count). The van der Waals surface area contributed by atoms with Crippen molar-refractivity contribution in [2.24, 2.45) is 5.73 Å². The predicted octanol–water partition coefficient (Wildman–Crippen LogP) is 2.12. The lowest BCUT2D eigenvalue weighted by atomic mass is 10.0. The summed E-state index contributed by atoms with van der Waals surface area (Å²) in [5.74, 6) is 0.447. The molecule has 0 bridgehead atoms. The summed E-state index contributed by atoms with van der Waals surface area (Å²) >= 11 is 5.08.